The van der Waals surface area contributed by atoms with Crippen LogP contribution in [0.5, 0.6) is 0 Å². The third-order valence-corrected chi connectivity index (χ3v) is 16.8. The third-order valence-electron chi connectivity index (χ3n) is 16.8. The van der Waals surface area contributed by atoms with Crippen LogP contribution in [-0.2, 0) is 16.2 Å². The summed E-state index contributed by atoms with van der Waals surface area (Å²) in [5, 5.41) is 5.12. The molecule has 0 aromatic heterocycles. The lowest BCUT2D eigenvalue weighted by atomic mass is 9.73. The van der Waals surface area contributed by atoms with Gasteiger partial charge in [-0.1, -0.05) is 187 Å². The molecule has 0 spiro atoms. The van der Waals surface area contributed by atoms with E-state index in [1.165, 1.54) is 133 Å². The Kier molecular flexibility index (Phi) is 8.58. The summed E-state index contributed by atoms with van der Waals surface area (Å²) in [6.07, 6.45) is 2.10. The molecule has 0 bridgehead atoms. The SMILES string of the molecule is CCC1(CC)c2cc(-c3ccc4c(c3)C(C)(C)c3cc(-c5ccc6ccccc6c5)ccc3-4)ccc2-c2ccc(-c3ccc4c(c3)C(C)(C)c3cc(-c5ccc6ccccc6c5)ccc3-4)cc21. The highest BCUT2D eigenvalue weighted by molar-refractivity contribution is 5.93. The number of fused-ring (bicyclic) bond motifs is 11. The first-order chi connectivity index (χ1) is 32.6. The minimum absolute atomic E-state index is 0.0620. The topological polar surface area (TPSA) is 0 Å². The van der Waals surface area contributed by atoms with Crippen molar-refractivity contribution >= 4 is 21.5 Å². The van der Waals surface area contributed by atoms with Crippen molar-refractivity contribution in [2.75, 3.05) is 0 Å². The van der Waals surface area contributed by atoms with Gasteiger partial charge in [0, 0.05) is 16.2 Å². The van der Waals surface area contributed by atoms with Crippen LogP contribution in [0, 0.1) is 0 Å². The maximum absolute atomic E-state index is 2.54. The van der Waals surface area contributed by atoms with E-state index in [9.17, 15) is 0 Å². The summed E-state index contributed by atoms with van der Waals surface area (Å²) < 4.78 is 0. The molecule has 0 heterocycles. The van der Waals surface area contributed by atoms with Crippen LogP contribution in [0.15, 0.2) is 194 Å². The van der Waals surface area contributed by atoms with E-state index in [0.29, 0.717) is 0 Å². The standard InChI is InChI=1S/C67H54/c1-7-67(8-2)63-39-51(49-23-29-55-53-27-21-47(35-59(53)65(3,4)61(55)37-49)45-19-17-41-13-9-11-15-43(41)33-45)25-31-57(63)58-32-26-52(40-64(58)67)50-24-30-56-54-28-22-48(36-60(54)66(5,6)62(56)38-50)46-20-18-42-14-10-12-16-44(42)34-46/h9-40H,7-8H2,1-6H3. The fourth-order valence-electron chi connectivity index (χ4n) is 12.8. The van der Waals surface area contributed by atoms with Gasteiger partial charge in [-0.25, -0.2) is 0 Å². The van der Waals surface area contributed by atoms with Crippen LogP contribution in [-0.4, -0.2) is 0 Å². The zero-order chi connectivity index (χ0) is 45.4. The summed E-state index contributed by atoms with van der Waals surface area (Å²) in [6.45, 7) is 14.4. The van der Waals surface area contributed by atoms with Gasteiger partial charge in [0.25, 0.3) is 0 Å². The van der Waals surface area contributed by atoms with Gasteiger partial charge < -0.3 is 0 Å². The first-order valence-corrected chi connectivity index (χ1v) is 24.4. The van der Waals surface area contributed by atoms with E-state index in [0.717, 1.165) is 12.8 Å². The average molecular weight is 859 g/mol. The van der Waals surface area contributed by atoms with Crippen molar-refractivity contribution < 1.29 is 0 Å². The predicted molar refractivity (Wildman–Crippen MR) is 285 cm³/mol. The molecular weight excluding hydrogens is 805 g/mol. The molecule has 0 nitrogen and oxygen atoms in total. The van der Waals surface area contributed by atoms with Crippen LogP contribution < -0.4 is 0 Å². The summed E-state index contributed by atoms with van der Waals surface area (Å²) >= 11 is 0. The van der Waals surface area contributed by atoms with Crippen LogP contribution in [0.1, 0.15) is 87.8 Å². The highest BCUT2D eigenvalue weighted by Gasteiger charge is 2.42. The molecule has 0 heteroatoms. The zero-order valence-electron chi connectivity index (χ0n) is 39.4. The largest absolute Gasteiger partial charge is 0.0642 e. The lowest BCUT2D eigenvalue weighted by molar-refractivity contribution is 0.491. The van der Waals surface area contributed by atoms with E-state index in [4.69, 9.17) is 0 Å². The Labute approximate surface area is 395 Å². The van der Waals surface area contributed by atoms with Crippen molar-refractivity contribution in [3.8, 4) is 77.9 Å². The fraction of sp³-hybridized carbons (Fsp3) is 0.164. The minimum atomic E-state index is -0.121. The van der Waals surface area contributed by atoms with Gasteiger partial charge in [0.2, 0.25) is 0 Å². The molecule has 0 N–H and O–H groups in total. The van der Waals surface area contributed by atoms with E-state index < -0.39 is 0 Å². The van der Waals surface area contributed by atoms with E-state index in [2.05, 4.69) is 236 Å². The normalized spacial score (nSPS) is 15.2. The molecule has 10 aromatic rings. The van der Waals surface area contributed by atoms with Gasteiger partial charge in [-0.3, -0.25) is 0 Å². The van der Waals surface area contributed by atoms with Crippen LogP contribution >= 0.6 is 0 Å². The molecule has 322 valence electrons. The molecular formula is C67H54. The van der Waals surface area contributed by atoms with Crippen LogP contribution in [0.2, 0.25) is 0 Å². The maximum atomic E-state index is 2.54. The van der Waals surface area contributed by atoms with Gasteiger partial charge in [0.05, 0.1) is 0 Å². The van der Waals surface area contributed by atoms with Crippen LogP contribution in [0.4, 0.5) is 0 Å². The molecule has 0 aliphatic heterocycles. The molecule has 3 aliphatic rings. The highest BCUT2D eigenvalue weighted by Crippen LogP contribution is 2.56. The Hall–Kier alpha value is -7.28. The van der Waals surface area contributed by atoms with Crippen molar-refractivity contribution in [3.63, 3.8) is 0 Å². The second-order valence-electron chi connectivity index (χ2n) is 20.7. The number of hydrogen-bond acceptors (Lipinski definition) is 0. The molecule has 10 aromatic carbocycles. The molecule has 3 aliphatic carbocycles. The van der Waals surface area contributed by atoms with Gasteiger partial charge in [-0.2, -0.15) is 0 Å². The van der Waals surface area contributed by atoms with Gasteiger partial charge >= 0.3 is 0 Å². The Balaban J connectivity index is 0.822. The summed E-state index contributed by atoms with van der Waals surface area (Å²) in [4.78, 5) is 0. The maximum Gasteiger partial charge on any atom is 0.0210 e. The molecule has 0 fully saturated rings. The first-order valence-electron chi connectivity index (χ1n) is 24.4. The van der Waals surface area contributed by atoms with Crippen molar-refractivity contribution in [3.05, 3.63) is 228 Å². The minimum Gasteiger partial charge on any atom is -0.0642 e. The van der Waals surface area contributed by atoms with E-state index in [1.54, 1.807) is 0 Å². The Bertz CT molecular complexity index is 3470. The Morgan fingerprint density at radius 2 is 0.493 bits per heavy atom. The number of hydrogen-bond donors (Lipinski definition) is 0. The Morgan fingerprint density at radius 3 is 0.791 bits per heavy atom. The second kappa shape index (κ2) is 14.4. The molecule has 67 heavy (non-hydrogen) atoms. The van der Waals surface area contributed by atoms with Crippen molar-refractivity contribution in [2.45, 2.75) is 70.6 Å². The quantitative estimate of drug-likeness (QED) is 0.156. The lowest BCUT2D eigenvalue weighted by Gasteiger charge is -2.30. The molecule has 0 atom stereocenters. The predicted octanol–water partition coefficient (Wildman–Crippen LogP) is 18.4. The Morgan fingerprint density at radius 1 is 0.254 bits per heavy atom. The molecule has 13 rings (SSSR count). The molecule has 0 amide bonds. The van der Waals surface area contributed by atoms with Gasteiger partial charge in [-0.15, -0.1) is 0 Å². The summed E-state index contributed by atoms with van der Waals surface area (Å²) in [5.41, 5.74) is 26.7. The number of benzene rings is 10. The smallest absolute Gasteiger partial charge is 0.0210 e. The van der Waals surface area contributed by atoms with Crippen molar-refractivity contribution in [1.82, 2.24) is 0 Å². The summed E-state index contributed by atoms with van der Waals surface area (Å²) in [5.74, 6) is 0. The molecule has 0 saturated carbocycles. The van der Waals surface area contributed by atoms with E-state index in [-0.39, 0.29) is 16.2 Å². The van der Waals surface area contributed by atoms with Gasteiger partial charge in [-0.05, 0) is 194 Å². The van der Waals surface area contributed by atoms with Gasteiger partial charge in [0.1, 0.15) is 0 Å². The summed E-state index contributed by atoms with van der Waals surface area (Å²) in [7, 11) is 0. The van der Waals surface area contributed by atoms with E-state index >= 15 is 0 Å². The number of rotatable bonds is 6. The lowest BCUT2D eigenvalue weighted by Crippen LogP contribution is -2.23. The van der Waals surface area contributed by atoms with Crippen molar-refractivity contribution in [1.29, 1.82) is 0 Å². The van der Waals surface area contributed by atoms with Gasteiger partial charge in [0.15, 0.2) is 0 Å². The zero-order valence-corrected chi connectivity index (χ0v) is 39.4. The highest BCUT2D eigenvalue weighted by atomic mass is 14.4. The molecule has 0 radical (unpaired) electrons. The molecule has 0 saturated heterocycles. The summed E-state index contributed by atoms with van der Waals surface area (Å²) in [6, 6.07) is 74.4. The van der Waals surface area contributed by atoms with E-state index in [1.807, 2.05) is 0 Å². The second-order valence-corrected chi connectivity index (χ2v) is 20.7. The van der Waals surface area contributed by atoms with Crippen LogP contribution in [0.25, 0.3) is 99.4 Å². The average Bonchev–Trinajstić information content (AvgIpc) is 3.88. The fourth-order valence-corrected chi connectivity index (χ4v) is 12.8. The monoisotopic (exact) mass is 858 g/mol. The van der Waals surface area contributed by atoms with Crippen LogP contribution in [0.3, 0.4) is 0 Å². The first kappa shape index (κ1) is 40.0. The molecule has 0 unspecified atom stereocenters. The van der Waals surface area contributed by atoms with Crippen molar-refractivity contribution in [2.24, 2.45) is 0 Å². The third kappa shape index (κ3) is 5.78.